The van der Waals surface area contributed by atoms with Gasteiger partial charge in [-0.2, -0.15) is 0 Å². The number of rotatable bonds is 3. The van der Waals surface area contributed by atoms with E-state index < -0.39 is 0 Å². The number of fused-ring (bicyclic) bond motifs is 1. The fraction of sp³-hybridized carbons (Fsp3) is 0.421. The van der Waals surface area contributed by atoms with E-state index in [-0.39, 0.29) is 17.7 Å². The Balaban J connectivity index is 2.04. The van der Waals surface area contributed by atoms with Crippen LogP contribution in [0.1, 0.15) is 29.9 Å². The molecule has 6 heteroatoms. The topological polar surface area (TPSA) is 71.5 Å². The van der Waals surface area contributed by atoms with E-state index in [0.29, 0.717) is 43.1 Å². The maximum absolute atomic E-state index is 13.0. The van der Waals surface area contributed by atoms with Crippen molar-refractivity contribution in [3.8, 4) is 0 Å². The van der Waals surface area contributed by atoms with Gasteiger partial charge in [0.15, 0.2) is 0 Å². The van der Waals surface area contributed by atoms with Crippen LogP contribution in [0, 0.1) is 12.8 Å². The summed E-state index contributed by atoms with van der Waals surface area (Å²) in [6.45, 7) is 7.80. The number of nitrogens with one attached hydrogen (secondary N) is 1. The van der Waals surface area contributed by atoms with Crippen LogP contribution in [0.25, 0.3) is 10.9 Å². The summed E-state index contributed by atoms with van der Waals surface area (Å²) in [6, 6.07) is 7.38. The molecule has 0 radical (unpaired) electrons. The zero-order valence-corrected chi connectivity index (χ0v) is 14.8. The number of hydrogen-bond acceptors (Lipinski definition) is 4. The first-order valence-corrected chi connectivity index (χ1v) is 8.55. The van der Waals surface area contributed by atoms with Crippen LogP contribution in [0.4, 0.5) is 5.69 Å². The minimum atomic E-state index is -0.139. The predicted molar refractivity (Wildman–Crippen MR) is 96.7 cm³/mol. The second-order valence-electron chi connectivity index (χ2n) is 6.59. The lowest BCUT2D eigenvalue weighted by atomic mass is 10.0. The van der Waals surface area contributed by atoms with Gasteiger partial charge in [0, 0.05) is 35.8 Å². The molecule has 1 aliphatic rings. The standard InChI is InChI=1S/C19H23N3O3/c1-12(2)18(23)21-14-10-16(19(24)22-6-8-25-9-7-22)15-5-4-13(3)20-17(15)11-14/h4-5,10-12H,6-9H2,1-3H3,(H,21,23). The number of amides is 2. The molecule has 1 aromatic carbocycles. The Hall–Kier alpha value is -2.47. The summed E-state index contributed by atoms with van der Waals surface area (Å²) in [7, 11) is 0. The fourth-order valence-electron chi connectivity index (χ4n) is 2.81. The number of aryl methyl sites for hydroxylation is 1. The van der Waals surface area contributed by atoms with Crippen LogP contribution < -0.4 is 5.32 Å². The Morgan fingerprint density at radius 1 is 1.20 bits per heavy atom. The first-order valence-electron chi connectivity index (χ1n) is 8.55. The molecule has 2 heterocycles. The molecule has 0 saturated carbocycles. The fourth-order valence-corrected chi connectivity index (χ4v) is 2.81. The van der Waals surface area contributed by atoms with Crippen LogP contribution in [0.5, 0.6) is 0 Å². The molecular weight excluding hydrogens is 318 g/mol. The number of carbonyl (C=O) groups is 2. The lowest BCUT2D eigenvalue weighted by Crippen LogP contribution is -2.40. The van der Waals surface area contributed by atoms with Gasteiger partial charge in [0.05, 0.1) is 24.3 Å². The molecule has 2 aromatic rings. The number of hydrogen-bond donors (Lipinski definition) is 1. The molecule has 1 saturated heterocycles. The van der Waals surface area contributed by atoms with Crippen molar-refractivity contribution in [1.29, 1.82) is 0 Å². The Morgan fingerprint density at radius 2 is 1.92 bits per heavy atom. The predicted octanol–water partition coefficient (Wildman–Crippen LogP) is 2.61. The van der Waals surface area contributed by atoms with E-state index in [1.807, 2.05) is 39.0 Å². The minimum Gasteiger partial charge on any atom is -0.378 e. The summed E-state index contributed by atoms with van der Waals surface area (Å²) < 4.78 is 5.33. The maximum atomic E-state index is 13.0. The third kappa shape index (κ3) is 3.79. The number of aromatic nitrogens is 1. The molecule has 25 heavy (non-hydrogen) atoms. The molecule has 1 aromatic heterocycles. The van der Waals surface area contributed by atoms with Crippen molar-refractivity contribution in [2.75, 3.05) is 31.6 Å². The highest BCUT2D eigenvalue weighted by atomic mass is 16.5. The average molecular weight is 341 g/mol. The van der Waals surface area contributed by atoms with Crippen molar-refractivity contribution in [1.82, 2.24) is 9.88 Å². The van der Waals surface area contributed by atoms with E-state index in [2.05, 4.69) is 10.3 Å². The van der Waals surface area contributed by atoms with Gasteiger partial charge < -0.3 is 15.0 Å². The molecule has 0 unspecified atom stereocenters. The zero-order chi connectivity index (χ0) is 18.0. The van der Waals surface area contributed by atoms with Crippen molar-refractivity contribution in [2.24, 2.45) is 5.92 Å². The highest BCUT2D eigenvalue weighted by Crippen LogP contribution is 2.25. The zero-order valence-electron chi connectivity index (χ0n) is 14.8. The van der Waals surface area contributed by atoms with Gasteiger partial charge in [0.25, 0.3) is 5.91 Å². The van der Waals surface area contributed by atoms with Crippen molar-refractivity contribution in [3.05, 3.63) is 35.5 Å². The summed E-state index contributed by atoms with van der Waals surface area (Å²) in [5.74, 6) is -0.282. The summed E-state index contributed by atoms with van der Waals surface area (Å²) in [5.41, 5.74) is 2.73. The number of pyridine rings is 1. The van der Waals surface area contributed by atoms with Crippen molar-refractivity contribution in [3.63, 3.8) is 0 Å². The second-order valence-corrected chi connectivity index (χ2v) is 6.59. The van der Waals surface area contributed by atoms with E-state index in [1.54, 1.807) is 11.0 Å². The number of nitrogens with zero attached hydrogens (tertiary/aromatic N) is 2. The van der Waals surface area contributed by atoms with Gasteiger partial charge in [-0.25, -0.2) is 0 Å². The molecule has 3 rings (SSSR count). The maximum Gasteiger partial charge on any atom is 0.254 e. The lowest BCUT2D eigenvalue weighted by Gasteiger charge is -2.27. The number of anilines is 1. The Kier molecular flexibility index (Phi) is 4.99. The highest BCUT2D eigenvalue weighted by molar-refractivity contribution is 6.08. The molecule has 0 bridgehead atoms. The molecule has 1 aliphatic heterocycles. The molecule has 1 fully saturated rings. The lowest BCUT2D eigenvalue weighted by molar-refractivity contribution is -0.118. The van der Waals surface area contributed by atoms with E-state index in [4.69, 9.17) is 4.74 Å². The third-order valence-electron chi connectivity index (χ3n) is 4.27. The molecule has 0 aliphatic carbocycles. The molecule has 6 nitrogen and oxygen atoms in total. The van der Waals surface area contributed by atoms with Crippen molar-refractivity contribution in [2.45, 2.75) is 20.8 Å². The largest absolute Gasteiger partial charge is 0.378 e. The van der Waals surface area contributed by atoms with Crippen LogP contribution in [-0.2, 0) is 9.53 Å². The summed E-state index contributed by atoms with van der Waals surface area (Å²) in [4.78, 5) is 31.4. The molecule has 1 N–H and O–H groups in total. The number of carbonyl (C=O) groups excluding carboxylic acids is 2. The average Bonchev–Trinajstić information content (AvgIpc) is 2.60. The molecule has 2 amide bonds. The Bertz CT molecular complexity index is 811. The Morgan fingerprint density at radius 3 is 2.60 bits per heavy atom. The second kappa shape index (κ2) is 7.19. The van der Waals surface area contributed by atoms with Crippen LogP contribution in [0.2, 0.25) is 0 Å². The van der Waals surface area contributed by atoms with Gasteiger partial charge in [-0.15, -0.1) is 0 Å². The highest BCUT2D eigenvalue weighted by Gasteiger charge is 2.22. The van der Waals surface area contributed by atoms with Gasteiger partial charge in [0.2, 0.25) is 5.91 Å². The molecule has 0 spiro atoms. The van der Waals surface area contributed by atoms with Gasteiger partial charge in [0.1, 0.15) is 0 Å². The Labute approximate surface area is 147 Å². The summed E-state index contributed by atoms with van der Waals surface area (Å²) >= 11 is 0. The van der Waals surface area contributed by atoms with Crippen molar-refractivity contribution < 1.29 is 14.3 Å². The molecular formula is C19H23N3O3. The first kappa shape index (κ1) is 17.4. The minimum absolute atomic E-state index is 0.0559. The van der Waals surface area contributed by atoms with E-state index in [9.17, 15) is 9.59 Å². The smallest absolute Gasteiger partial charge is 0.254 e. The van der Waals surface area contributed by atoms with E-state index in [1.165, 1.54) is 0 Å². The number of morpholine rings is 1. The SMILES string of the molecule is Cc1ccc2c(C(=O)N3CCOCC3)cc(NC(=O)C(C)C)cc2n1. The van der Waals surface area contributed by atoms with Gasteiger partial charge in [-0.05, 0) is 25.1 Å². The summed E-state index contributed by atoms with van der Waals surface area (Å²) in [6.07, 6.45) is 0. The third-order valence-corrected chi connectivity index (χ3v) is 4.27. The van der Waals surface area contributed by atoms with E-state index in [0.717, 1.165) is 11.1 Å². The monoisotopic (exact) mass is 341 g/mol. The van der Waals surface area contributed by atoms with Crippen LogP contribution >= 0.6 is 0 Å². The van der Waals surface area contributed by atoms with Gasteiger partial charge >= 0.3 is 0 Å². The molecule has 132 valence electrons. The molecule has 0 atom stereocenters. The summed E-state index contributed by atoms with van der Waals surface area (Å²) in [5, 5.41) is 3.67. The number of ether oxygens (including phenoxy) is 1. The normalized spacial score (nSPS) is 14.8. The number of benzene rings is 1. The van der Waals surface area contributed by atoms with Crippen LogP contribution in [0.3, 0.4) is 0 Å². The first-order chi connectivity index (χ1) is 12.0. The van der Waals surface area contributed by atoms with E-state index >= 15 is 0 Å². The van der Waals surface area contributed by atoms with Crippen LogP contribution in [0.15, 0.2) is 24.3 Å². The van der Waals surface area contributed by atoms with Crippen LogP contribution in [-0.4, -0.2) is 48.0 Å². The quantitative estimate of drug-likeness (QED) is 0.931. The van der Waals surface area contributed by atoms with Gasteiger partial charge in [-0.1, -0.05) is 19.9 Å². The van der Waals surface area contributed by atoms with Crippen molar-refractivity contribution >= 4 is 28.4 Å². The van der Waals surface area contributed by atoms with Gasteiger partial charge in [-0.3, -0.25) is 14.6 Å².